The molecule has 0 spiro atoms. The molecule has 5 nitrogen and oxygen atoms in total. The third-order valence-corrected chi connectivity index (χ3v) is 11.3. The van der Waals surface area contributed by atoms with Crippen LogP contribution < -0.4 is 11.1 Å². The molecule has 2 saturated heterocycles. The smallest absolute Gasteiger partial charge is 0.251 e. The average molecular weight is 529 g/mol. The first-order valence-corrected chi connectivity index (χ1v) is 15.6. The van der Waals surface area contributed by atoms with Crippen LogP contribution in [0, 0.1) is 17.3 Å². The zero-order valence-electron chi connectivity index (χ0n) is 24.3. The SMILES string of the molecule is CCC(NC(=O)c1ccccc1)C1[C@@H](C)CC2(C)C3Cc4ccc(N)cc4C12CCN3CCCN1CCCC1. The Balaban J connectivity index is 1.34. The van der Waals surface area contributed by atoms with Gasteiger partial charge in [-0.3, -0.25) is 9.69 Å². The third kappa shape index (κ3) is 4.41. The standard InChI is InChI=1S/C34H48N4O/c1-4-29(36-32(39)25-11-6-5-7-12-25)31-24(2)23-33(3)30-21-26-13-14-27(35)22-28(26)34(31,33)15-20-38(30)19-10-18-37-16-8-9-17-37/h5-7,11-14,22,24,29-31H,4,8-10,15-21,23,35H2,1-3H3,(H,36,39)/t24-,29?,30?,31?,33?,34?/m0/s1. The van der Waals surface area contributed by atoms with E-state index in [1.807, 2.05) is 30.3 Å². The summed E-state index contributed by atoms with van der Waals surface area (Å²) in [5.74, 6) is 0.963. The fourth-order valence-corrected chi connectivity index (χ4v) is 9.78. The van der Waals surface area contributed by atoms with Crippen molar-refractivity contribution < 1.29 is 4.79 Å². The van der Waals surface area contributed by atoms with Gasteiger partial charge in [0.15, 0.2) is 0 Å². The average Bonchev–Trinajstić information content (AvgIpc) is 3.53. The topological polar surface area (TPSA) is 61.6 Å². The number of carbonyl (C=O) groups excluding carboxylic acids is 1. The molecule has 210 valence electrons. The lowest BCUT2D eigenvalue weighted by molar-refractivity contribution is -0.0580. The van der Waals surface area contributed by atoms with E-state index in [4.69, 9.17) is 5.73 Å². The molecule has 5 heteroatoms. The van der Waals surface area contributed by atoms with E-state index in [2.05, 4.69) is 54.1 Å². The fraction of sp³-hybridized carbons (Fsp3) is 0.618. The van der Waals surface area contributed by atoms with Crippen molar-refractivity contribution in [3.8, 4) is 0 Å². The Morgan fingerprint density at radius 1 is 1.10 bits per heavy atom. The maximum atomic E-state index is 13.4. The molecule has 1 amide bonds. The number of hydrogen-bond acceptors (Lipinski definition) is 4. The second-order valence-electron chi connectivity index (χ2n) is 13.3. The summed E-state index contributed by atoms with van der Waals surface area (Å²) in [6.45, 7) is 13.4. The van der Waals surface area contributed by atoms with Gasteiger partial charge in [0.05, 0.1) is 0 Å². The van der Waals surface area contributed by atoms with Crippen LogP contribution in [0.25, 0.3) is 0 Å². The Morgan fingerprint density at radius 2 is 1.87 bits per heavy atom. The molecule has 2 aromatic carbocycles. The lowest BCUT2D eigenvalue weighted by atomic mass is 9.47. The van der Waals surface area contributed by atoms with Crippen LogP contribution in [0.3, 0.4) is 0 Å². The summed E-state index contributed by atoms with van der Waals surface area (Å²) in [4.78, 5) is 18.9. The summed E-state index contributed by atoms with van der Waals surface area (Å²) in [6, 6.07) is 17.1. The first kappa shape index (κ1) is 26.8. The Bertz CT molecular complexity index is 1180. The predicted molar refractivity (Wildman–Crippen MR) is 160 cm³/mol. The van der Waals surface area contributed by atoms with Crippen molar-refractivity contribution in [1.29, 1.82) is 0 Å². The van der Waals surface area contributed by atoms with Crippen LogP contribution in [-0.4, -0.2) is 60.5 Å². The summed E-state index contributed by atoms with van der Waals surface area (Å²) >= 11 is 0. The van der Waals surface area contributed by atoms with Crippen molar-refractivity contribution in [2.45, 2.75) is 83.2 Å². The Labute approximate surface area is 235 Å². The van der Waals surface area contributed by atoms with E-state index in [1.165, 1.54) is 63.0 Å². The van der Waals surface area contributed by atoms with Gasteiger partial charge in [0.25, 0.3) is 5.91 Å². The molecule has 4 aliphatic rings. The van der Waals surface area contributed by atoms with Gasteiger partial charge in [-0.05, 0) is 130 Å². The number of fused-ring (bicyclic) bond motifs is 1. The van der Waals surface area contributed by atoms with E-state index in [1.54, 1.807) is 0 Å². The number of carbonyl (C=O) groups is 1. The van der Waals surface area contributed by atoms with Crippen molar-refractivity contribution in [2.75, 3.05) is 38.5 Å². The van der Waals surface area contributed by atoms with Crippen LogP contribution in [0.15, 0.2) is 48.5 Å². The van der Waals surface area contributed by atoms with E-state index in [9.17, 15) is 4.79 Å². The molecule has 2 bridgehead atoms. The van der Waals surface area contributed by atoms with Gasteiger partial charge in [0, 0.05) is 28.7 Å². The van der Waals surface area contributed by atoms with E-state index in [0.717, 1.165) is 37.1 Å². The third-order valence-electron chi connectivity index (χ3n) is 11.3. The molecule has 0 aromatic heterocycles. The molecule has 6 atom stereocenters. The fourth-order valence-electron chi connectivity index (χ4n) is 9.78. The molecule has 2 heterocycles. The van der Waals surface area contributed by atoms with Gasteiger partial charge in [0.1, 0.15) is 0 Å². The van der Waals surface area contributed by atoms with Crippen molar-refractivity contribution in [3.05, 3.63) is 65.2 Å². The lowest BCUT2D eigenvalue weighted by Gasteiger charge is -2.63. The molecule has 39 heavy (non-hydrogen) atoms. The molecule has 1 saturated carbocycles. The minimum absolute atomic E-state index is 0.0240. The maximum absolute atomic E-state index is 13.4. The van der Waals surface area contributed by atoms with Gasteiger partial charge < -0.3 is 16.0 Å². The number of anilines is 1. The van der Waals surface area contributed by atoms with E-state index in [0.29, 0.717) is 17.9 Å². The van der Waals surface area contributed by atoms with Crippen molar-refractivity contribution in [3.63, 3.8) is 0 Å². The normalized spacial score (nSPS) is 32.9. The van der Waals surface area contributed by atoms with Gasteiger partial charge in [-0.2, -0.15) is 0 Å². The van der Waals surface area contributed by atoms with Gasteiger partial charge in [0.2, 0.25) is 0 Å². The van der Waals surface area contributed by atoms with Crippen LogP contribution in [0.1, 0.15) is 80.8 Å². The highest BCUT2D eigenvalue weighted by Crippen LogP contribution is 2.69. The number of benzene rings is 2. The summed E-state index contributed by atoms with van der Waals surface area (Å²) in [5, 5.41) is 3.54. The number of piperidine rings is 1. The quantitative estimate of drug-likeness (QED) is 0.445. The first-order valence-electron chi connectivity index (χ1n) is 15.6. The second-order valence-corrected chi connectivity index (χ2v) is 13.3. The number of nitrogens with one attached hydrogen (secondary N) is 1. The molecule has 5 unspecified atom stereocenters. The van der Waals surface area contributed by atoms with Crippen LogP contribution in [0.4, 0.5) is 5.69 Å². The van der Waals surface area contributed by atoms with Gasteiger partial charge >= 0.3 is 0 Å². The van der Waals surface area contributed by atoms with Gasteiger partial charge in [-0.1, -0.05) is 45.0 Å². The van der Waals surface area contributed by atoms with Crippen LogP contribution in [0.5, 0.6) is 0 Å². The van der Waals surface area contributed by atoms with Gasteiger partial charge in [-0.25, -0.2) is 0 Å². The molecule has 3 N–H and O–H groups in total. The van der Waals surface area contributed by atoms with E-state index in [-0.39, 0.29) is 22.8 Å². The number of hydrogen-bond donors (Lipinski definition) is 2. The monoisotopic (exact) mass is 528 g/mol. The number of amides is 1. The Kier molecular flexibility index (Phi) is 7.26. The molecule has 0 radical (unpaired) electrons. The highest BCUT2D eigenvalue weighted by Gasteiger charge is 2.69. The molecule has 3 fully saturated rings. The number of nitrogens with zero attached hydrogens (tertiary/aromatic N) is 2. The number of likely N-dealkylation sites (tertiary alicyclic amines) is 2. The zero-order chi connectivity index (χ0) is 27.2. The molecular weight excluding hydrogens is 480 g/mol. The van der Waals surface area contributed by atoms with Crippen molar-refractivity contribution >= 4 is 11.6 Å². The van der Waals surface area contributed by atoms with Crippen molar-refractivity contribution in [2.24, 2.45) is 17.3 Å². The molecule has 6 rings (SSSR count). The first-order chi connectivity index (χ1) is 18.9. The minimum Gasteiger partial charge on any atom is -0.399 e. The Hall–Kier alpha value is -2.37. The predicted octanol–water partition coefficient (Wildman–Crippen LogP) is 5.49. The highest BCUT2D eigenvalue weighted by molar-refractivity contribution is 5.94. The Morgan fingerprint density at radius 3 is 2.62 bits per heavy atom. The number of nitrogen functional groups attached to an aromatic ring is 1. The zero-order valence-corrected chi connectivity index (χ0v) is 24.3. The van der Waals surface area contributed by atoms with Crippen LogP contribution >= 0.6 is 0 Å². The maximum Gasteiger partial charge on any atom is 0.251 e. The van der Waals surface area contributed by atoms with Crippen LogP contribution in [-0.2, 0) is 11.8 Å². The van der Waals surface area contributed by atoms with Crippen molar-refractivity contribution in [1.82, 2.24) is 15.1 Å². The molecular formula is C34H48N4O. The van der Waals surface area contributed by atoms with Gasteiger partial charge in [-0.15, -0.1) is 0 Å². The summed E-state index contributed by atoms with van der Waals surface area (Å²) < 4.78 is 0. The lowest BCUT2D eigenvalue weighted by Crippen LogP contribution is -2.67. The summed E-state index contributed by atoms with van der Waals surface area (Å²) in [6.07, 6.45) is 8.40. The number of rotatable bonds is 8. The molecule has 2 aromatic rings. The minimum atomic E-state index is 0.0240. The van der Waals surface area contributed by atoms with E-state index < -0.39 is 0 Å². The number of nitrogens with two attached hydrogens (primary N) is 1. The largest absolute Gasteiger partial charge is 0.399 e. The summed E-state index contributed by atoms with van der Waals surface area (Å²) in [5.41, 5.74) is 11.3. The van der Waals surface area contributed by atoms with Crippen LogP contribution in [0.2, 0.25) is 0 Å². The molecule has 2 aliphatic heterocycles. The highest BCUT2D eigenvalue weighted by atomic mass is 16.1. The molecule has 2 aliphatic carbocycles. The van der Waals surface area contributed by atoms with E-state index >= 15 is 0 Å². The summed E-state index contributed by atoms with van der Waals surface area (Å²) in [7, 11) is 0. The second kappa shape index (κ2) is 10.6.